The van der Waals surface area contributed by atoms with Crippen LogP contribution in [0, 0.1) is 17.8 Å². The number of carbonyl (C=O) groups excluding carboxylic acids is 1. The number of carbonyl (C=O) groups is 1. The number of hydrogen-bond donors (Lipinski definition) is 2. The Morgan fingerprint density at radius 2 is 1.73 bits per heavy atom. The van der Waals surface area contributed by atoms with Gasteiger partial charge in [0.2, 0.25) is 5.91 Å². The van der Waals surface area contributed by atoms with Crippen LogP contribution in [0.5, 0.6) is 0 Å². The summed E-state index contributed by atoms with van der Waals surface area (Å²) in [5, 5.41) is 7.15. The standard InChI is InChI=1S/C23H43N5O.HI/c1-17(2)21(27-12-9-18(3)10-13-27)15-25-23(24-4)26-20-11-14-28(16-20)22(29)19-7-5-6-8-19;/h17-21H,5-16H2,1-4H3,(H2,24,25,26);1H. The van der Waals surface area contributed by atoms with E-state index >= 15 is 0 Å². The van der Waals surface area contributed by atoms with Crippen molar-refractivity contribution in [2.45, 2.75) is 77.8 Å². The van der Waals surface area contributed by atoms with Gasteiger partial charge in [-0.1, -0.05) is 33.6 Å². The highest BCUT2D eigenvalue weighted by Gasteiger charge is 2.32. The Hall–Kier alpha value is -0.570. The Morgan fingerprint density at radius 3 is 2.33 bits per heavy atom. The fourth-order valence-electron chi connectivity index (χ4n) is 5.25. The van der Waals surface area contributed by atoms with E-state index in [4.69, 9.17) is 0 Å². The topological polar surface area (TPSA) is 60.0 Å². The lowest BCUT2D eigenvalue weighted by atomic mass is 9.94. The number of nitrogens with zero attached hydrogens (tertiary/aromatic N) is 3. The number of guanidine groups is 1. The summed E-state index contributed by atoms with van der Waals surface area (Å²) in [6.45, 7) is 12.0. The zero-order chi connectivity index (χ0) is 20.8. The van der Waals surface area contributed by atoms with Crippen LogP contribution in [0.4, 0.5) is 0 Å². The maximum Gasteiger partial charge on any atom is 0.225 e. The van der Waals surface area contributed by atoms with Crippen LogP contribution in [0.2, 0.25) is 0 Å². The van der Waals surface area contributed by atoms with E-state index in [2.05, 4.69) is 46.2 Å². The van der Waals surface area contributed by atoms with E-state index in [0.29, 0.717) is 23.9 Å². The molecule has 3 fully saturated rings. The maximum atomic E-state index is 12.7. The first kappa shape index (κ1) is 25.7. The number of piperidine rings is 1. The molecule has 2 aliphatic heterocycles. The van der Waals surface area contributed by atoms with Crippen molar-refractivity contribution in [1.82, 2.24) is 20.4 Å². The van der Waals surface area contributed by atoms with Gasteiger partial charge in [-0.15, -0.1) is 24.0 Å². The monoisotopic (exact) mass is 533 g/mol. The number of halogens is 1. The molecule has 1 amide bonds. The molecule has 2 N–H and O–H groups in total. The number of rotatable bonds is 6. The molecule has 0 radical (unpaired) electrons. The Labute approximate surface area is 201 Å². The van der Waals surface area contributed by atoms with Crippen molar-refractivity contribution in [2.75, 3.05) is 39.8 Å². The van der Waals surface area contributed by atoms with Crippen molar-refractivity contribution in [3.05, 3.63) is 0 Å². The molecule has 0 bridgehead atoms. The predicted octanol–water partition coefficient (Wildman–Crippen LogP) is 3.32. The van der Waals surface area contributed by atoms with Crippen molar-refractivity contribution in [2.24, 2.45) is 22.7 Å². The van der Waals surface area contributed by atoms with E-state index < -0.39 is 0 Å². The van der Waals surface area contributed by atoms with Crippen LogP contribution in [-0.4, -0.2) is 73.5 Å². The Bertz CT molecular complexity index is 556. The maximum absolute atomic E-state index is 12.7. The van der Waals surface area contributed by atoms with Gasteiger partial charge in [-0.2, -0.15) is 0 Å². The van der Waals surface area contributed by atoms with Crippen molar-refractivity contribution in [1.29, 1.82) is 0 Å². The molecule has 0 aromatic carbocycles. The molecule has 1 aliphatic carbocycles. The molecule has 0 aromatic rings. The van der Waals surface area contributed by atoms with E-state index in [1.54, 1.807) is 0 Å². The van der Waals surface area contributed by atoms with E-state index in [0.717, 1.165) is 50.8 Å². The first-order chi connectivity index (χ1) is 14.0. The van der Waals surface area contributed by atoms with Crippen LogP contribution in [-0.2, 0) is 4.79 Å². The third kappa shape index (κ3) is 6.97. The first-order valence-electron chi connectivity index (χ1n) is 12.0. The number of amides is 1. The number of nitrogens with one attached hydrogen (secondary N) is 2. The second-order valence-corrected chi connectivity index (χ2v) is 9.88. The number of hydrogen-bond acceptors (Lipinski definition) is 3. The highest BCUT2D eigenvalue weighted by atomic mass is 127. The lowest BCUT2D eigenvalue weighted by Gasteiger charge is -2.39. The van der Waals surface area contributed by atoms with Gasteiger partial charge >= 0.3 is 0 Å². The van der Waals surface area contributed by atoms with Gasteiger partial charge in [0.1, 0.15) is 0 Å². The summed E-state index contributed by atoms with van der Waals surface area (Å²) in [6, 6.07) is 0.838. The first-order valence-corrected chi connectivity index (χ1v) is 12.0. The van der Waals surface area contributed by atoms with Gasteiger partial charge in [-0.25, -0.2) is 0 Å². The molecule has 30 heavy (non-hydrogen) atoms. The van der Waals surface area contributed by atoms with Crippen LogP contribution in [0.1, 0.15) is 65.7 Å². The smallest absolute Gasteiger partial charge is 0.225 e. The minimum absolute atomic E-state index is 0. The molecule has 3 rings (SSSR count). The van der Waals surface area contributed by atoms with Gasteiger partial charge in [0, 0.05) is 44.7 Å². The molecule has 0 spiro atoms. The lowest BCUT2D eigenvalue weighted by molar-refractivity contribution is -0.134. The van der Waals surface area contributed by atoms with E-state index in [-0.39, 0.29) is 29.9 Å². The van der Waals surface area contributed by atoms with Crippen molar-refractivity contribution < 1.29 is 4.79 Å². The minimum Gasteiger partial charge on any atom is -0.355 e. The number of likely N-dealkylation sites (tertiary alicyclic amines) is 2. The molecule has 2 saturated heterocycles. The molecule has 7 heteroatoms. The Kier molecular flexibility index (Phi) is 10.7. The van der Waals surface area contributed by atoms with E-state index in [1.165, 1.54) is 38.8 Å². The largest absolute Gasteiger partial charge is 0.355 e. The highest BCUT2D eigenvalue weighted by molar-refractivity contribution is 14.0. The Morgan fingerprint density at radius 1 is 1.07 bits per heavy atom. The van der Waals surface area contributed by atoms with Gasteiger partial charge < -0.3 is 15.5 Å². The molecule has 1 saturated carbocycles. The van der Waals surface area contributed by atoms with Crippen LogP contribution in [0.3, 0.4) is 0 Å². The van der Waals surface area contributed by atoms with Gasteiger partial charge in [0.15, 0.2) is 5.96 Å². The summed E-state index contributed by atoms with van der Waals surface area (Å²) in [7, 11) is 1.85. The lowest BCUT2D eigenvalue weighted by Crippen LogP contribution is -2.53. The fraction of sp³-hybridized carbons (Fsp3) is 0.913. The molecule has 6 nitrogen and oxygen atoms in total. The molecular weight excluding hydrogens is 489 g/mol. The zero-order valence-corrected chi connectivity index (χ0v) is 21.9. The van der Waals surface area contributed by atoms with E-state index in [1.807, 2.05) is 7.05 Å². The van der Waals surface area contributed by atoms with Crippen LogP contribution < -0.4 is 10.6 Å². The molecule has 2 atom stereocenters. The summed E-state index contributed by atoms with van der Waals surface area (Å²) in [4.78, 5) is 21.9. The third-order valence-corrected chi connectivity index (χ3v) is 7.30. The molecule has 174 valence electrons. The van der Waals surface area contributed by atoms with E-state index in [9.17, 15) is 4.79 Å². The third-order valence-electron chi connectivity index (χ3n) is 7.30. The average molecular weight is 534 g/mol. The minimum atomic E-state index is 0. The summed E-state index contributed by atoms with van der Waals surface area (Å²) >= 11 is 0. The summed E-state index contributed by atoms with van der Waals surface area (Å²) in [6.07, 6.45) is 8.24. The molecule has 3 aliphatic rings. The van der Waals surface area contributed by atoms with Gasteiger partial charge in [-0.05, 0) is 57.0 Å². The van der Waals surface area contributed by atoms with Crippen molar-refractivity contribution >= 4 is 35.8 Å². The summed E-state index contributed by atoms with van der Waals surface area (Å²) in [5.74, 6) is 3.01. The van der Waals surface area contributed by atoms with Gasteiger partial charge in [-0.3, -0.25) is 14.7 Å². The van der Waals surface area contributed by atoms with Crippen LogP contribution >= 0.6 is 24.0 Å². The van der Waals surface area contributed by atoms with Crippen molar-refractivity contribution in [3.8, 4) is 0 Å². The molecule has 2 heterocycles. The average Bonchev–Trinajstić information content (AvgIpc) is 3.40. The highest BCUT2D eigenvalue weighted by Crippen LogP contribution is 2.28. The second kappa shape index (κ2) is 12.5. The Balaban J connectivity index is 0.00000320. The molecule has 2 unspecified atom stereocenters. The quantitative estimate of drug-likeness (QED) is 0.313. The predicted molar refractivity (Wildman–Crippen MR) is 135 cm³/mol. The summed E-state index contributed by atoms with van der Waals surface area (Å²) in [5.41, 5.74) is 0. The van der Waals surface area contributed by atoms with Crippen molar-refractivity contribution in [3.63, 3.8) is 0 Å². The fourth-order valence-corrected chi connectivity index (χ4v) is 5.25. The summed E-state index contributed by atoms with van der Waals surface area (Å²) < 4.78 is 0. The van der Waals surface area contributed by atoms with Crippen LogP contribution in [0.15, 0.2) is 4.99 Å². The molecular formula is C23H44IN5O. The zero-order valence-electron chi connectivity index (χ0n) is 19.5. The number of aliphatic imine (C=N–C) groups is 1. The van der Waals surface area contributed by atoms with Crippen LogP contribution in [0.25, 0.3) is 0 Å². The molecule has 0 aromatic heterocycles. The second-order valence-electron chi connectivity index (χ2n) is 9.88. The van der Waals surface area contributed by atoms with Gasteiger partial charge in [0.05, 0.1) is 0 Å². The SMILES string of the molecule is CN=C(NCC(C(C)C)N1CCC(C)CC1)NC1CCN(C(=O)C2CCCC2)C1.I. The normalized spacial score (nSPS) is 25.4. The van der Waals surface area contributed by atoms with Gasteiger partial charge in [0.25, 0.3) is 0 Å².